The van der Waals surface area contributed by atoms with E-state index in [9.17, 15) is 9.59 Å². The van der Waals surface area contributed by atoms with Crippen LogP contribution in [0.15, 0.2) is 54.6 Å². The van der Waals surface area contributed by atoms with E-state index in [1.54, 1.807) is 7.11 Å². The number of nitrogens with one attached hydrogen (secondary N) is 2. The van der Waals surface area contributed by atoms with Crippen LogP contribution >= 0.6 is 0 Å². The van der Waals surface area contributed by atoms with Gasteiger partial charge in [0.25, 0.3) is 0 Å². The van der Waals surface area contributed by atoms with Crippen molar-refractivity contribution in [1.82, 2.24) is 10.6 Å². The summed E-state index contributed by atoms with van der Waals surface area (Å²) >= 11 is 0. The number of aryl methyl sites for hydroxylation is 1. The molecule has 5 nitrogen and oxygen atoms in total. The quantitative estimate of drug-likeness (QED) is 0.780. The first-order valence-electron chi connectivity index (χ1n) is 7.87. The monoisotopic (exact) mass is 326 g/mol. The highest BCUT2D eigenvalue weighted by atomic mass is 16.5. The van der Waals surface area contributed by atoms with Gasteiger partial charge in [-0.15, -0.1) is 0 Å². The smallest absolute Gasteiger partial charge is 0.239 e. The second kappa shape index (κ2) is 9.35. The van der Waals surface area contributed by atoms with Crippen LogP contribution < -0.4 is 15.4 Å². The first kappa shape index (κ1) is 17.5. The summed E-state index contributed by atoms with van der Waals surface area (Å²) in [5.41, 5.74) is 2.08. The summed E-state index contributed by atoms with van der Waals surface area (Å²) in [6.07, 6.45) is 1.04. The Bertz CT molecular complexity index is 654. The third-order valence-corrected chi connectivity index (χ3v) is 3.58. The minimum absolute atomic E-state index is 0.0101. The van der Waals surface area contributed by atoms with Crippen LogP contribution in [0.4, 0.5) is 0 Å². The van der Waals surface area contributed by atoms with Crippen LogP contribution in [0.1, 0.15) is 17.5 Å². The fourth-order valence-corrected chi connectivity index (χ4v) is 2.18. The Balaban J connectivity index is 1.64. The lowest BCUT2D eigenvalue weighted by atomic mass is 10.1. The van der Waals surface area contributed by atoms with Crippen molar-refractivity contribution >= 4 is 11.8 Å². The summed E-state index contributed by atoms with van der Waals surface area (Å²) in [5.74, 6) is 0.438. The predicted molar refractivity (Wildman–Crippen MR) is 92.6 cm³/mol. The maximum Gasteiger partial charge on any atom is 0.239 e. The van der Waals surface area contributed by atoms with Gasteiger partial charge in [0.15, 0.2) is 0 Å². The molecule has 0 aromatic heterocycles. The molecule has 126 valence electrons. The molecule has 2 aromatic rings. The molecule has 0 saturated carbocycles. The van der Waals surface area contributed by atoms with Crippen molar-refractivity contribution in [2.45, 2.75) is 19.4 Å². The number of benzene rings is 2. The molecular formula is C19H22N2O3. The summed E-state index contributed by atoms with van der Waals surface area (Å²) in [6, 6.07) is 17.2. The Hall–Kier alpha value is -2.82. The number of carbonyl (C=O) groups is 2. The van der Waals surface area contributed by atoms with Gasteiger partial charge in [0, 0.05) is 13.0 Å². The molecule has 0 aliphatic heterocycles. The van der Waals surface area contributed by atoms with Crippen LogP contribution in [0.2, 0.25) is 0 Å². The van der Waals surface area contributed by atoms with Crippen LogP contribution in [0.3, 0.4) is 0 Å². The fraction of sp³-hybridized carbons (Fsp3) is 0.263. The SMILES string of the molecule is COc1ccc(CNC(=O)CNC(=O)CCc2ccccc2)cc1. The van der Waals surface area contributed by atoms with Crippen LogP contribution in [-0.2, 0) is 22.6 Å². The normalized spacial score (nSPS) is 10.0. The average Bonchev–Trinajstić information content (AvgIpc) is 2.64. The second-order valence-corrected chi connectivity index (χ2v) is 5.39. The van der Waals surface area contributed by atoms with Crippen LogP contribution in [0.5, 0.6) is 5.75 Å². The van der Waals surface area contributed by atoms with Crippen molar-refractivity contribution < 1.29 is 14.3 Å². The van der Waals surface area contributed by atoms with Crippen LogP contribution in [0.25, 0.3) is 0 Å². The van der Waals surface area contributed by atoms with Crippen molar-refractivity contribution in [3.05, 3.63) is 65.7 Å². The molecule has 0 radical (unpaired) electrons. The highest BCUT2D eigenvalue weighted by Gasteiger charge is 2.06. The molecule has 0 atom stereocenters. The first-order valence-corrected chi connectivity index (χ1v) is 7.87. The maximum atomic E-state index is 11.8. The van der Waals surface area contributed by atoms with Gasteiger partial charge in [-0.1, -0.05) is 42.5 Å². The summed E-state index contributed by atoms with van der Waals surface area (Å²) in [6.45, 7) is 0.409. The molecule has 2 amide bonds. The van der Waals surface area contributed by atoms with Gasteiger partial charge in [0.2, 0.25) is 11.8 Å². The second-order valence-electron chi connectivity index (χ2n) is 5.39. The van der Waals surface area contributed by atoms with Crippen LogP contribution in [-0.4, -0.2) is 25.5 Å². The average molecular weight is 326 g/mol. The summed E-state index contributed by atoms with van der Waals surface area (Å²) < 4.78 is 5.08. The summed E-state index contributed by atoms with van der Waals surface area (Å²) in [4.78, 5) is 23.5. The summed E-state index contributed by atoms with van der Waals surface area (Å²) in [5, 5.41) is 5.41. The molecule has 0 heterocycles. The molecule has 2 aromatic carbocycles. The van der Waals surface area contributed by atoms with E-state index in [4.69, 9.17) is 4.74 Å². The molecule has 0 bridgehead atoms. The fourth-order valence-electron chi connectivity index (χ4n) is 2.18. The van der Waals surface area contributed by atoms with E-state index in [1.807, 2.05) is 54.6 Å². The first-order chi connectivity index (χ1) is 11.7. The number of hydrogen-bond acceptors (Lipinski definition) is 3. The van der Waals surface area contributed by atoms with Crippen molar-refractivity contribution in [3.63, 3.8) is 0 Å². The van der Waals surface area contributed by atoms with Gasteiger partial charge in [-0.05, 0) is 29.7 Å². The lowest BCUT2D eigenvalue weighted by Gasteiger charge is -2.08. The topological polar surface area (TPSA) is 67.4 Å². The molecule has 0 fully saturated rings. The largest absolute Gasteiger partial charge is 0.497 e. The van der Waals surface area contributed by atoms with Gasteiger partial charge in [0.05, 0.1) is 13.7 Å². The molecule has 0 aliphatic carbocycles. The molecule has 0 spiro atoms. The zero-order valence-electron chi connectivity index (χ0n) is 13.7. The number of ether oxygens (including phenoxy) is 1. The number of hydrogen-bond donors (Lipinski definition) is 2. The Labute approximate surface area is 142 Å². The van der Waals surface area contributed by atoms with E-state index >= 15 is 0 Å². The lowest BCUT2D eigenvalue weighted by molar-refractivity contribution is -0.126. The van der Waals surface area contributed by atoms with Gasteiger partial charge in [-0.3, -0.25) is 9.59 Å². The number of carbonyl (C=O) groups excluding carboxylic acids is 2. The minimum atomic E-state index is -0.209. The number of amides is 2. The Morgan fingerprint density at radius 1 is 0.875 bits per heavy atom. The Kier molecular flexibility index (Phi) is 6.83. The van der Waals surface area contributed by atoms with Crippen molar-refractivity contribution in [2.24, 2.45) is 0 Å². The van der Waals surface area contributed by atoms with Gasteiger partial charge in [-0.2, -0.15) is 0 Å². The zero-order chi connectivity index (χ0) is 17.2. The van der Waals surface area contributed by atoms with E-state index < -0.39 is 0 Å². The molecular weight excluding hydrogens is 304 g/mol. The third kappa shape index (κ3) is 6.12. The number of rotatable bonds is 8. The number of methoxy groups -OCH3 is 1. The van der Waals surface area contributed by atoms with E-state index in [0.29, 0.717) is 19.4 Å². The molecule has 2 rings (SSSR count). The molecule has 0 unspecified atom stereocenters. The Morgan fingerprint density at radius 2 is 1.58 bits per heavy atom. The van der Waals surface area contributed by atoms with Crippen molar-refractivity contribution in [1.29, 1.82) is 0 Å². The molecule has 2 N–H and O–H groups in total. The van der Waals surface area contributed by atoms with E-state index in [1.165, 1.54) is 0 Å². The van der Waals surface area contributed by atoms with Gasteiger partial charge in [0.1, 0.15) is 5.75 Å². The van der Waals surface area contributed by atoms with Gasteiger partial charge >= 0.3 is 0 Å². The highest BCUT2D eigenvalue weighted by molar-refractivity contribution is 5.84. The molecule has 24 heavy (non-hydrogen) atoms. The predicted octanol–water partition coefficient (Wildman–Crippen LogP) is 2.06. The van der Waals surface area contributed by atoms with E-state index in [-0.39, 0.29) is 18.4 Å². The lowest BCUT2D eigenvalue weighted by Crippen LogP contribution is -2.36. The standard InChI is InChI=1S/C19H22N2O3/c1-24-17-10-7-16(8-11-17)13-20-19(23)14-21-18(22)12-9-15-5-3-2-4-6-15/h2-8,10-11H,9,12-14H2,1H3,(H,20,23)(H,21,22). The highest BCUT2D eigenvalue weighted by Crippen LogP contribution is 2.10. The maximum absolute atomic E-state index is 11.8. The molecule has 0 aliphatic rings. The van der Waals surface area contributed by atoms with Gasteiger partial charge < -0.3 is 15.4 Å². The van der Waals surface area contributed by atoms with Crippen molar-refractivity contribution in [3.8, 4) is 5.75 Å². The van der Waals surface area contributed by atoms with Gasteiger partial charge in [-0.25, -0.2) is 0 Å². The molecule has 0 saturated heterocycles. The summed E-state index contributed by atoms with van der Waals surface area (Å²) in [7, 11) is 1.61. The van der Waals surface area contributed by atoms with E-state index in [2.05, 4.69) is 10.6 Å². The van der Waals surface area contributed by atoms with E-state index in [0.717, 1.165) is 16.9 Å². The van der Waals surface area contributed by atoms with Crippen LogP contribution in [0, 0.1) is 0 Å². The molecule has 5 heteroatoms. The third-order valence-electron chi connectivity index (χ3n) is 3.58. The zero-order valence-corrected chi connectivity index (χ0v) is 13.7. The minimum Gasteiger partial charge on any atom is -0.497 e. The Morgan fingerprint density at radius 3 is 2.25 bits per heavy atom. The van der Waals surface area contributed by atoms with Crippen molar-refractivity contribution in [2.75, 3.05) is 13.7 Å².